The van der Waals surface area contributed by atoms with Crippen LogP contribution >= 0.6 is 0 Å². The third-order valence-corrected chi connectivity index (χ3v) is 5.52. The van der Waals surface area contributed by atoms with Gasteiger partial charge < -0.3 is 14.5 Å². The lowest BCUT2D eigenvalue weighted by molar-refractivity contribution is 0.111. The van der Waals surface area contributed by atoms with E-state index in [2.05, 4.69) is 28.0 Å². The predicted molar refractivity (Wildman–Crippen MR) is 108 cm³/mol. The summed E-state index contributed by atoms with van der Waals surface area (Å²) < 4.78 is 5.97. The summed E-state index contributed by atoms with van der Waals surface area (Å²) in [5.74, 6) is 2.07. The molecule has 4 heterocycles. The maximum atomic E-state index is 11.5. The summed E-state index contributed by atoms with van der Waals surface area (Å²) in [4.78, 5) is 20.9. The van der Waals surface area contributed by atoms with Crippen LogP contribution in [0.2, 0.25) is 0 Å². The molecule has 0 radical (unpaired) electrons. The van der Waals surface area contributed by atoms with E-state index in [-0.39, 0.29) is 0 Å². The van der Waals surface area contributed by atoms with Crippen molar-refractivity contribution in [1.29, 1.82) is 0 Å². The summed E-state index contributed by atoms with van der Waals surface area (Å²) in [6.07, 6.45) is 5.13. The van der Waals surface area contributed by atoms with E-state index in [9.17, 15) is 4.79 Å². The first-order chi connectivity index (χ1) is 13.6. The van der Waals surface area contributed by atoms with Gasteiger partial charge in [-0.15, -0.1) is 0 Å². The van der Waals surface area contributed by atoms with Crippen molar-refractivity contribution in [3.8, 4) is 0 Å². The van der Waals surface area contributed by atoms with E-state index in [1.54, 1.807) is 6.33 Å². The molecular weight excluding hydrogens is 354 g/mol. The number of nitrogens with one attached hydrogen (secondary N) is 1. The molecule has 0 spiro atoms. The predicted octanol–water partition coefficient (Wildman–Crippen LogP) is 3.59. The quantitative estimate of drug-likeness (QED) is 0.519. The normalized spacial score (nSPS) is 14.2. The van der Waals surface area contributed by atoms with Gasteiger partial charge in [-0.2, -0.15) is 5.10 Å². The second kappa shape index (κ2) is 6.19. The highest BCUT2D eigenvalue weighted by Crippen LogP contribution is 2.41. The van der Waals surface area contributed by atoms with Gasteiger partial charge in [0.25, 0.3) is 0 Å². The molecule has 0 aliphatic heterocycles. The van der Waals surface area contributed by atoms with Crippen molar-refractivity contribution in [2.75, 3.05) is 5.32 Å². The van der Waals surface area contributed by atoms with Crippen LogP contribution in [0.4, 0.5) is 11.6 Å². The van der Waals surface area contributed by atoms with Crippen molar-refractivity contribution < 1.29 is 4.79 Å². The molecule has 0 aromatic carbocycles. The Labute approximate surface area is 162 Å². The Morgan fingerprint density at radius 1 is 1.25 bits per heavy atom. The Kier molecular flexibility index (Phi) is 3.75. The van der Waals surface area contributed by atoms with Gasteiger partial charge >= 0.3 is 0 Å². The maximum absolute atomic E-state index is 11.5. The number of pyridine rings is 1. The monoisotopic (exact) mass is 377 g/mol. The van der Waals surface area contributed by atoms with Crippen molar-refractivity contribution in [3.63, 3.8) is 0 Å². The molecule has 5 rings (SSSR count). The van der Waals surface area contributed by atoms with E-state index in [0.29, 0.717) is 24.0 Å². The molecular formula is C20H23N7O. The second-order valence-electron chi connectivity index (χ2n) is 7.35. The Bertz CT molecular complexity index is 1210. The van der Waals surface area contributed by atoms with Gasteiger partial charge in [0.15, 0.2) is 17.9 Å². The van der Waals surface area contributed by atoms with E-state index < -0.39 is 0 Å². The summed E-state index contributed by atoms with van der Waals surface area (Å²) in [5.41, 5.74) is 4.42. The van der Waals surface area contributed by atoms with Gasteiger partial charge in [0.05, 0.1) is 17.5 Å². The zero-order valence-corrected chi connectivity index (χ0v) is 16.3. The molecule has 28 heavy (non-hydrogen) atoms. The zero-order valence-electron chi connectivity index (χ0n) is 16.3. The second-order valence-corrected chi connectivity index (χ2v) is 7.35. The lowest BCUT2D eigenvalue weighted by Crippen LogP contribution is -2.04. The van der Waals surface area contributed by atoms with Gasteiger partial charge in [0.1, 0.15) is 11.2 Å². The number of hydrogen-bond donors (Lipinski definition) is 1. The van der Waals surface area contributed by atoms with E-state index in [4.69, 9.17) is 10.1 Å². The van der Waals surface area contributed by atoms with Crippen LogP contribution in [-0.2, 0) is 20.1 Å². The van der Waals surface area contributed by atoms with Crippen LogP contribution in [0.3, 0.4) is 0 Å². The number of hydrogen-bond acceptors (Lipinski definition) is 5. The minimum Gasteiger partial charge on any atom is -0.333 e. The summed E-state index contributed by atoms with van der Waals surface area (Å²) in [5, 5.41) is 9.03. The fourth-order valence-corrected chi connectivity index (χ4v) is 4.02. The summed E-state index contributed by atoms with van der Waals surface area (Å²) >= 11 is 0. The number of aldehydes is 1. The first kappa shape index (κ1) is 17.0. The van der Waals surface area contributed by atoms with Crippen LogP contribution in [-0.4, -0.2) is 35.2 Å². The van der Waals surface area contributed by atoms with Gasteiger partial charge in [0, 0.05) is 43.2 Å². The first-order valence-electron chi connectivity index (χ1n) is 9.78. The van der Waals surface area contributed by atoms with Crippen LogP contribution in [0.1, 0.15) is 48.8 Å². The fraction of sp³-hybridized carbons (Fsp3) is 0.400. The molecule has 0 amide bonds. The molecule has 1 N–H and O–H groups in total. The number of rotatable bonds is 6. The molecule has 0 saturated heterocycles. The number of imidazole rings is 1. The van der Waals surface area contributed by atoms with Crippen molar-refractivity contribution in [3.05, 3.63) is 29.8 Å². The average molecular weight is 377 g/mol. The number of carbonyl (C=O) groups excluding carboxylic acids is 1. The zero-order chi connectivity index (χ0) is 19.4. The van der Waals surface area contributed by atoms with E-state index in [1.807, 2.05) is 29.2 Å². The van der Waals surface area contributed by atoms with E-state index in [1.165, 1.54) is 18.5 Å². The molecule has 0 bridgehead atoms. The van der Waals surface area contributed by atoms with Gasteiger partial charge in [-0.3, -0.25) is 9.48 Å². The Balaban J connectivity index is 1.69. The number of anilines is 2. The van der Waals surface area contributed by atoms with Gasteiger partial charge in [-0.25, -0.2) is 9.97 Å². The maximum Gasteiger partial charge on any atom is 0.166 e. The number of aryl methyl sites for hydroxylation is 3. The topological polar surface area (TPSA) is 82.6 Å². The minimum absolute atomic E-state index is 0.621. The fourth-order valence-electron chi connectivity index (χ4n) is 4.02. The average Bonchev–Trinajstić information content (AvgIpc) is 3.20. The number of nitrogens with zero attached hydrogens (tertiary/aromatic N) is 6. The molecule has 4 aromatic rings. The first-order valence-corrected chi connectivity index (χ1v) is 9.78. The highest BCUT2D eigenvalue weighted by Gasteiger charge is 2.28. The summed E-state index contributed by atoms with van der Waals surface area (Å²) in [6, 6.07) is 4.02. The Hall–Kier alpha value is -3.16. The van der Waals surface area contributed by atoms with Gasteiger partial charge in [-0.1, -0.05) is 0 Å². The lowest BCUT2D eigenvalue weighted by atomic mass is 10.2. The van der Waals surface area contributed by atoms with Gasteiger partial charge in [-0.05, 0) is 32.8 Å². The number of carbonyl (C=O) groups is 1. The minimum atomic E-state index is 0.621. The summed E-state index contributed by atoms with van der Waals surface area (Å²) in [6.45, 7) is 5.64. The number of aromatic nitrogens is 6. The van der Waals surface area contributed by atoms with Crippen molar-refractivity contribution in [1.82, 2.24) is 28.9 Å². The standard InChI is InChI=1S/C20H23N7O/c1-4-26-13(10-28)8-14-18-17(21-11-25(18)3)19(23-20(14)26)22-16-9-15(12-6-7-12)27(5-2)24-16/h8-12H,4-7H2,1-3H3,(H,22,23,24). The van der Waals surface area contributed by atoms with Crippen molar-refractivity contribution >= 4 is 40.0 Å². The Morgan fingerprint density at radius 3 is 2.75 bits per heavy atom. The van der Waals surface area contributed by atoms with Crippen LogP contribution in [0.25, 0.3) is 22.1 Å². The molecule has 0 atom stereocenters. The highest BCUT2D eigenvalue weighted by molar-refractivity contribution is 6.08. The van der Waals surface area contributed by atoms with Crippen molar-refractivity contribution in [2.24, 2.45) is 7.05 Å². The smallest absolute Gasteiger partial charge is 0.166 e. The number of fused-ring (bicyclic) bond motifs is 3. The highest BCUT2D eigenvalue weighted by atomic mass is 16.1. The molecule has 1 saturated carbocycles. The third-order valence-electron chi connectivity index (χ3n) is 5.52. The van der Waals surface area contributed by atoms with Crippen molar-refractivity contribution in [2.45, 2.75) is 45.7 Å². The molecule has 4 aromatic heterocycles. The Morgan fingerprint density at radius 2 is 2.07 bits per heavy atom. The molecule has 1 fully saturated rings. The van der Waals surface area contributed by atoms with Crippen LogP contribution in [0.15, 0.2) is 18.5 Å². The van der Waals surface area contributed by atoms with E-state index >= 15 is 0 Å². The van der Waals surface area contributed by atoms with Gasteiger partial charge in [0.2, 0.25) is 0 Å². The molecule has 1 aliphatic carbocycles. The van der Waals surface area contributed by atoms with E-state index in [0.717, 1.165) is 40.7 Å². The SMILES string of the molecule is CCn1nc(Nc2nc3c(cc(C=O)n3CC)c3c2ncn3C)cc1C1CC1. The molecule has 8 nitrogen and oxygen atoms in total. The molecule has 1 aliphatic rings. The van der Waals surface area contributed by atoms with Crippen LogP contribution in [0, 0.1) is 0 Å². The van der Waals surface area contributed by atoms with Crippen LogP contribution < -0.4 is 5.32 Å². The van der Waals surface area contributed by atoms with Crippen LogP contribution in [0.5, 0.6) is 0 Å². The molecule has 144 valence electrons. The third kappa shape index (κ3) is 2.44. The molecule has 0 unspecified atom stereocenters. The largest absolute Gasteiger partial charge is 0.333 e. The molecule has 8 heteroatoms. The summed E-state index contributed by atoms with van der Waals surface area (Å²) in [7, 11) is 1.96. The lowest BCUT2D eigenvalue weighted by Gasteiger charge is -2.08.